The monoisotopic (exact) mass is 540 g/mol. The van der Waals surface area contributed by atoms with Crippen LogP contribution in [0.3, 0.4) is 0 Å². The van der Waals surface area contributed by atoms with E-state index in [1.165, 1.54) is 23.1 Å². The van der Waals surface area contributed by atoms with Gasteiger partial charge in [-0.3, -0.25) is 4.68 Å². The summed E-state index contributed by atoms with van der Waals surface area (Å²) in [6, 6.07) is 9.12. The standard InChI is InChI=1S/C27H27F3N6O3/c1-4-38-26(37)23-11-16(2)33-36(23)24-13-20(31-15-32-24)12-22-17(3)25(34-35(22)14-18-5-6-18)19-7-9-21(10-8-19)39-27(28,29)30/h7-11,13,15,18H,4-6,12,14H2,1-3H3. The molecule has 9 nitrogen and oxygen atoms in total. The zero-order valence-corrected chi connectivity index (χ0v) is 21.7. The average molecular weight is 541 g/mol. The summed E-state index contributed by atoms with van der Waals surface area (Å²) < 4.78 is 50.3. The first-order valence-corrected chi connectivity index (χ1v) is 12.6. The van der Waals surface area contributed by atoms with Crippen LogP contribution in [0.2, 0.25) is 0 Å². The van der Waals surface area contributed by atoms with Crippen LogP contribution in [0.15, 0.2) is 42.7 Å². The minimum atomic E-state index is -4.75. The van der Waals surface area contributed by atoms with Gasteiger partial charge in [0, 0.05) is 30.3 Å². The number of hydrogen-bond donors (Lipinski definition) is 0. The van der Waals surface area contributed by atoms with E-state index < -0.39 is 12.3 Å². The van der Waals surface area contributed by atoms with Gasteiger partial charge in [-0.1, -0.05) is 0 Å². The lowest BCUT2D eigenvalue weighted by Gasteiger charge is -2.10. The maximum Gasteiger partial charge on any atom is 0.573 e. The fourth-order valence-electron chi connectivity index (χ4n) is 4.39. The van der Waals surface area contributed by atoms with E-state index in [0.29, 0.717) is 40.8 Å². The number of esters is 1. The van der Waals surface area contributed by atoms with Crippen molar-refractivity contribution >= 4 is 5.97 Å². The Labute approximate surface area is 222 Å². The van der Waals surface area contributed by atoms with Crippen LogP contribution in [0.25, 0.3) is 17.1 Å². The van der Waals surface area contributed by atoms with Gasteiger partial charge in [0.25, 0.3) is 0 Å². The zero-order chi connectivity index (χ0) is 27.7. The maximum atomic E-state index is 12.6. The molecule has 5 rings (SSSR count). The second-order valence-corrected chi connectivity index (χ2v) is 9.47. The summed E-state index contributed by atoms with van der Waals surface area (Å²) >= 11 is 0. The molecular formula is C27H27F3N6O3. The van der Waals surface area contributed by atoms with Gasteiger partial charge < -0.3 is 9.47 Å². The van der Waals surface area contributed by atoms with Crippen molar-refractivity contribution in [1.82, 2.24) is 29.5 Å². The maximum absolute atomic E-state index is 12.6. The Hall–Kier alpha value is -4.22. The normalized spacial score (nSPS) is 13.5. The largest absolute Gasteiger partial charge is 0.573 e. The molecule has 204 valence electrons. The minimum absolute atomic E-state index is 0.239. The molecule has 3 aromatic heterocycles. The fraction of sp³-hybridized carbons (Fsp3) is 0.370. The lowest BCUT2D eigenvalue weighted by molar-refractivity contribution is -0.274. The molecule has 0 unspecified atom stereocenters. The molecule has 1 aliphatic carbocycles. The molecule has 0 saturated heterocycles. The van der Waals surface area contributed by atoms with Gasteiger partial charge >= 0.3 is 12.3 Å². The summed E-state index contributed by atoms with van der Waals surface area (Å²) in [6.07, 6.45) is -0.633. The number of alkyl halides is 3. The van der Waals surface area contributed by atoms with Crippen molar-refractivity contribution in [3.63, 3.8) is 0 Å². The van der Waals surface area contributed by atoms with Gasteiger partial charge in [0.1, 0.15) is 12.1 Å². The first-order valence-electron chi connectivity index (χ1n) is 12.6. The van der Waals surface area contributed by atoms with E-state index in [2.05, 4.69) is 19.8 Å². The molecule has 3 heterocycles. The molecule has 1 fully saturated rings. The molecule has 12 heteroatoms. The van der Waals surface area contributed by atoms with E-state index in [1.807, 2.05) is 11.6 Å². The molecular weight excluding hydrogens is 513 g/mol. The van der Waals surface area contributed by atoms with E-state index in [-0.39, 0.29) is 18.1 Å². The van der Waals surface area contributed by atoms with Gasteiger partial charge in [-0.2, -0.15) is 10.2 Å². The van der Waals surface area contributed by atoms with Crippen LogP contribution < -0.4 is 4.74 Å². The van der Waals surface area contributed by atoms with Crippen molar-refractivity contribution < 1.29 is 27.4 Å². The third-order valence-electron chi connectivity index (χ3n) is 6.40. The highest BCUT2D eigenvalue weighted by Gasteiger charge is 2.31. The SMILES string of the molecule is CCOC(=O)c1cc(C)nn1-c1cc(Cc2c(C)c(-c3ccc(OC(F)(F)F)cc3)nn2CC2CC2)ncn1. The average Bonchev–Trinajstić information content (AvgIpc) is 3.54. The topological polar surface area (TPSA) is 96.9 Å². The van der Waals surface area contributed by atoms with Gasteiger partial charge in [-0.25, -0.2) is 19.4 Å². The van der Waals surface area contributed by atoms with Gasteiger partial charge in [-0.05, 0) is 75.4 Å². The number of aromatic nitrogens is 6. The quantitative estimate of drug-likeness (QED) is 0.269. The predicted octanol–water partition coefficient (Wildman–Crippen LogP) is 5.22. The Morgan fingerprint density at radius 1 is 1.08 bits per heavy atom. The van der Waals surface area contributed by atoms with Crippen LogP contribution in [0, 0.1) is 19.8 Å². The lowest BCUT2D eigenvalue weighted by atomic mass is 10.0. The molecule has 0 amide bonds. The molecule has 39 heavy (non-hydrogen) atoms. The van der Waals surface area contributed by atoms with Crippen LogP contribution in [0.1, 0.15) is 52.9 Å². The van der Waals surface area contributed by atoms with Crippen LogP contribution in [0.4, 0.5) is 13.2 Å². The number of carbonyl (C=O) groups excluding carboxylic acids is 1. The number of rotatable bonds is 9. The summed E-state index contributed by atoms with van der Waals surface area (Å²) in [6.45, 7) is 6.45. The summed E-state index contributed by atoms with van der Waals surface area (Å²) in [5.41, 5.74) is 4.84. The molecule has 0 radical (unpaired) electrons. The van der Waals surface area contributed by atoms with Crippen LogP contribution in [-0.4, -0.2) is 48.5 Å². The minimum Gasteiger partial charge on any atom is -0.461 e. The zero-order valence-electron chi connectivity index (χ0n) is 21.7. The second kappa shape index (κ2) is 10.5. The molecule has 0 atom stereocenters. The molecule has 0 aliphatic heterocycles. The number of benzene rings is 1. The molecule has 0 spiro atoms. The third-order valence-corrected chi connectivity index (χ3v) is 6.40. The Kier molecular flexibility index (Phi) is 7.11. The Morgan fingerprint density at radius 2 is 1.82 bits per heavy atom. The van der Waals surface area contributed by atoms with Crippen molar-refractivity contribution in [2.24, 2.45) is 5.92 Å². The van der Waals surface area contributed by atoms with Crippen molar-refractivity contribution in [2.45, 2.75) is 52.9 Å². The number of carbonyl (C=O) groups is 1. The summed E-state index contributed by atoms with van der Waals surface area (Å²) in [5, 5.41) is 9.25. The number of ether oxygens (including phenoxy) is 2. The smallest absolute Gasteiger partial charge is 0.461 e. The highest BCUT2D eigenvalue weighted by atomic mass is 19.4. The molecule has 1 saturated carbocycles. The van der Waals surface area contributed by atoms with Crippen molar-refractivity contribution in [2.75, 3.05) is 6.61 Å². The summed E-state index contributed by atoms with van der Waals surface area (Å²) in [5.74, 6) is 0.195. The number of aryl methyl sites for hydroxylation is 1. The first-order chi connectivity index (χ1) is 18.6. The fourth-order valence-corrected chi connectivity index (χ4v) is 4.39. The molecule has 4 aromatic rings. The van der Waals surface area contributed by atoms with Crippen molar-refractivity contribution in [3.05, 3.63) is 71.1 Å². The van der Waals surface area contributed by atoms with E-state index >= 15 is 0 Å². The molecule has 1 aliphatic rings. The Bertz CT molecular complexity index is 1490. The molecule has 0 bridgehead atoms. The van der Waals surface area contributed by atoms with Crippen molar-refractivity contribution in [1.29, 1.82) is 0 Å². The Morgan fingerprint density at radius 3 is 2.49 bits per heavy atom. The Balaban J connectivity index is 1.46. The van der Waals surface area contributed by atoms with E-state index in [1.54, 1.807) is 38.1 Å². The van der Waals surface area contributed by atoms with E-state index in [9.17, 15) is 18.0 Å². The van der Waals surface area contributed by atoms with Crippen molar-refractivity contribution in [3.8, 4) is 22.8 Å². The van der Waals surface area contributed by atoms with Gasteiger partial charge in [0.2, 0.25) is 0 Å². The highest BCUT2D eigenvalue weighted by molar-refractivity contribution is 5.88. The number of hydrogen-bond acceptors (Lipinski definition) is 7. The van der Waals surface area contributed by atoms with Gasteiger partial charge in [0.05, 0.1) is 23.7 Å². The molecule has 1 aromatic carbocycles. The first kappa shape index (κ1) is 26.4. The molecule has 0 N–H and O–H groups in total. The van der Waals surface area contributed by atoms with E-state index in [0.717, 1.165) is 30.6 Å². The van der Waals surface area contributed by atoms with Crippen LogP contribution in [0.5, 0.6) is 5.75 Å². The van der Waals surface area contributed by atoms with Crippen LogP contribution in [-0.2, 0) is 17.7 Å². The highest BCUT2D eigenvalue weighted by Crippen LogP contribution is 2.34. The second-order valence-electron chi connectivity index (χ2n) is 9.47. The number of halogens is 3. The van der Waals surface area contributed by atoms with Gasteiger partial charge in [0.15, 0.2) is 11.5 Å². The van der Waals surface area contributed by atoms with Crippen LogP contribution >= 0.6 is 0 Å². The third kappa shape index (κ3) is 6.10. The number of nitrogens with zero attached hydrogens (tertiary/aromatic N) is 6. The summed E-state index contributed by atoms with van der Waals surface area (Å²) in [7, 11) is 0. The summed E-state index contributed by atoms with van der Waals surface area (Å²) in [4.78, 5) is 21.2. The van der Waals surface area contributed by atoms with E-state index in [4.69, 9.17) is 9.84 Å². The van der Waals surface area contributed by atoms with Gasteiger partial charge in [-0.15, -0.1) is 13.2 Å². The predicted molar refractivity (Wildman–Crippen MR) is 134 cm³/mol. The lowest BCUT2D eigenvalue weighted by Crippen LogP contribution is -2.16.